The number of benzene rings is 1. The smallest absolute Gasteiger partial charge is 0.258 e. The molecule has 4 aromatic rings. The van der Waals surface area contributed by atoms with Gasteiger partial charge in [-0.05, 0) is 44.2 Å². The van der Waals surface area contributed by atoms with Gasteiger partial charge in [-0.25, -0.2) is 9.97 Å². The van der Waals surface area contributed by atoms with Gasteiger partial charge >= 0.3 is 0 Å². The number of thioether (sulfide) groups is 1. The minimum atomic E-state index is -0.306. The molecule has 4 rings (SSSR count). The lowest BCUT2D eigenvalue weighted by atomic mass is 10.2. The second-order valence-corrected chi connectivity index (χ2v) is 7.33. The molecule has 0 unspecified atom stereocenters. The summed E-state index contributed by atoms with van der Waals surface area (Å²) >= 11 is 1.44. The van der Waals surface area contributed by atoms with Crippen molar-refractivity contribution in [2.75, 3.05) is 5.32 Å². The maximum absolute atomic E-state index is 12.9. The van der Waals surface area contributed by atoms with Crippen LogP contribution < -0.4 is 10.9 Å². The van der Waals surface area contributed by atoms with E-state index in [4.69, 9.17) is 4.52 Å². The van der Waals surface area contributed by atoms with Crippen LogP contribution in [0.25, 0.3) is 10.9 Å². The van der Waals surface area contributed by atoms with E-state index in [0.29, 0.717) is 32.9 Å². The SMILES string of the molecule is Cc1noc(C)c1CSc1ncccc1C(=O)Nc1ccc2nc[nH]c(=O)c2c1. The fourth-order valence-corrected chi connectivity index (χ4v) is 4.02. The molecule has 0 bridgehead atoms. The fraction of sp³-hybridized carbons (Fsp3) is 0.150. The minimum Gasteiger partial charge on any atom is -0.361 e. The number of H-pyrrole nitrogens is 1. The molecular weight excluding hydrogens is 390 g/mol. The average Bonchev–Trinajstić information content (AvgIpc) is 3.05. The van der Waals surface area contributed by atoms with Crippen LogP contribution in [-0.4, -0.2) is 26.0 Å². The molecule has 0 spiro atoms. The summed E-state index contributed by atoms with van der Waals surface area (Å²) in [5.74, 6) is 1.04. The highest BCUT2D eigenvalue weighted by Crippen LogP contribution is 2.27. The van der Waals surface area contributed by atoms with Crippen LogP contribution in [0, 0.1) is 13.8 Å². The third kappa shape index (κ3) is 3.90. The molecule has 29 heavy (non-hydrogen) atoms. The lowest BCUT2D eigenvalue weighted by Gasteiger charge is -2.09. The fourth-order valence-electron chi connectivity index (χ4n) is 2.87. The van der Waals surface area contributed by atoms with Crippen LogP contribution in [0.4, 0.5) is 5.69 Å². The molecule has 0 fully saturated rings. The first-order valence-electron chi connectivity index (χ1n) is 8.81. The van der Waals surface area contributed by atoms with Crippen LogP contribution in [0.15, 0.2) is 57.2 Å². The summed E-state index contributed by atoms with van der Waals surface area (Å²) in [4.78, 5) is 35.8. The maximum Gasteiger partial charge on any atom is 0.258 e. The van der Waals surface area contributed by atoms with Gasteiger partial charge in [-0.2, -0.15) is 0 Å². The number of fused-ring (bicyclic) bond motifs is 1. The molecule has 0 saturated carbocycles. The molecule has 0 aliphatic carbocycles. The number of nitrogens with zero attached hydrogens (tertiary/aromatic N) is 3. The van der Waals surface area contributed by atoms with Crippen molar-refractivity contribution in [3.8, 4) is 0 Å². The molecule has 3 aromatic heterocycles. The summed E-state index contributed by atoms with van der Waals surface area (Å²) in [5, 5.41) is 7.79. The lowest BCUT2D eigenvalue weighted by molar-refractivity contribution is 0.102. The molecule has 2 N–H and O–H groups in total. The van der Waals surface area contributed by atoms with Gasteiger partial charge in [0.25, 0.3) is 11.5 Å². The number of carbonyl (C=O) groups excluding carboxylic acids is 1. The number of aromatic nitrogens is 4. The number of amides is 1. The third-order valence-corrected chi connectivity index (χ3v) is 5.48. The van der Waals surface area contributed by atoms with Gasteiger partial charge in [0, 0.05) is 23.2 Å². The highest BCUT2D eigenvalue weighted by molar-refractivity contribution is 7.98. The molecule has 3 heterocycles. The average molecular weight is 407 g/mol. The number of rotatable bonds is 5. The normalized spacial score (nSPS) is 11.0. The van der Waals surface area contributed by atoms with Crippen molar-refractivity contribution in [2.45, 2.75) is 24.6 Å². The Morgan fingerprint density at radius 1 is 1.24 bits per heavy atom. The highest BCUT2D eigenvalue weighted by atomic mass is 32.2. The van der Waals surface area contributed by atoms with Crippen molar-refractivity contribution >= 4 is 34.3 Å². The number of hydrogen-bond acceptors (Lipinski definition) is 7. The molecular formula is C20H17N5O3S. The number of aromatic amines is 1. The Balaban J connectivity index is 1.56. The van der Waals surface area contributed by atoms with E-state index in [1.165, 1.54) is 18.1 Å². The Bertz CT molecular complexity index is 1240. The lowest BCUT2D eigenvalue weighted by Crippen LogP contribution is -2.14. The van der Waals surface area contributed by atoms with E-state index in [9.17, 15) is 9.59 Å². The van der Waals surface area contributed by atoms with Crippen LogP contribution >= 0.6 is 11.8 Å². The first kappa shape index (κ1) is 18.9. The van der Waals surface area contributed by atoms with E-state index in [-0.39, 0.29) is 11.5 Å². The second-order valence-electron chi connectivity index (χ2n) is 6.37. The van der Waals surface area contributed by atoms with Crippen LogP contribution in [-0.2, 0) is 5.75 Å². The predicted octanol–water partition coefficient (Wildman–Crippen LogP) is 3.47. The van der Waals surface area contributed by atoms with Crippen molar-refractivity contribution < 1.29 is 9.32 Å². The van der Waals surface area contributed by atoms with Gasteiger partial charge in [-0.15, -0.1) is 11.8 Å². The van der Waals surface area contributed by atoms with Gasteiger partial charge in [-0.1, -0.05) is 5.16 Å². The number of nitrogens with one attached hydrogen (secondary N) is 2. The van der Waals surface area contributed by atoms with Crippen molar-refractivity contribution in [3.05, 3.63) is 75.8 Å². The number of anilines is 1. The molecule has 0 saturated heterocycles. The Kier molecular flexibility index (Phi) is 5.13. The molecule has 0 aliphatic rings. The summed E-state index contributed by atoms with van der Waals surface area (Å²) in [6.45, 7) is 3.74. The molecule has 0 atom stereocenters. The van der Waals surface area contributed by atoms with Gasteiger partial charge in [0.2, 0.25) is 0 Å². The molecule has 8 nitrogen and oxygen atoms in total. The van der Waals surface area contributed by atoms with Crippen molar-refractivity contribution in [1.29, 1.82) is 0 Å². The maximum atomic E-state index is 12.9. The van der Waals surface area contributed by atoms with E-state index in [1.54, 1.807) is 36.5 Å². The van der Waals surface area contributed by atoms with E-state index < -0.39 is 0 Å². The number of carbonyl (C=O) groups is 1. The summed E-state index contributed by atoms with van der Waals surface area (Å²) in [6, 6.07) is 8.43. The predicted molar refractivity (Wildman–Crippen MR) is 110 cm³/mol. The van der Waals surface area contributed by atoms with Crippen LogP contribution in [0.2, 0.25) is 0 Å². The van der Waals surface area contributed by atoms with E-state index in [2.05, 4.69) is 25.4 Å². The molecule has 0 aliphatic heterocycles. The van der Waals surface area contributed by atoms with Crippen molar-refractivity contribution in [1.82, 2.24) is 20.1 Å². The van der Waals surface area contributed by atoms with E-state index in [1.807, 2.05) is 13.8 Å². The molecule has 0 radical (unpaired) electrons. The molecule has 1 aromatic carbocycles. The molecule has 9 heteroatoms. The second kappa shape index (κ2) is 7.88. The first-order valence-corrected chi connectivity index (χ1v) is 9.80. The molecule has 1 amide bonds. The first-order chi connectivity index (χ1) is 14.0. The third-order valence-electron chi connectivity index (χ3n) is 4.45. The van der Waals surface area contributed by atoms with Crippen molar-refractivity contribution in [3.63, 3.8) is 0 Å². The van der Waals surface area contributed by atoms with Crippen LogP contribution in [0.1, 0.15) is 27.4 Å². The Hall–Kier alpha value is -3.46. The van der Waals surface area contributed by atoms with Gasteiger partial charge < -0.3 is 14.8 Å². The van der Waals surface area contributed by atoms with Gasteiger partial charge in [0.05, 0.1) is 28.5 Å². The standard InChI is InChI=1S/C20H17N5O3S/c1-11-16(12(2)28-25-11)9-29-20-14(4-3-7-21-20)19(27)24-13-5-6-17-15(8-13)18(26)23-10-22-17/h3-8,10H,9H2,1-2H3,(H,24,27)(H,22,23,26). The van der Waals surface area contributed by atoms with Gasteiger partial charge in [0.15, 0.2) is 0 Å². The zero-order valence-corrected chi connectivity index (χ0v) is 16.5. The summed E-state index contributed by atoms with van der Waals surface area (Å²) < 4.78 is 5.19. The van der Waals surface area contributed by atoms with E-state index in [0.717, 1.165) is 17.0 Å². The largest absolute Gasteiger partial charge is 0.361 e. The minimum absolute atomic E-state index is 0.261. The van der Waals surface area contributed by atoms with Crippen LogP contribution in [0.5, 0.6) is 0 Å². The Labute approximate surface area is 169 Å². The number of pyridine rings is 1. The van der Waals surface area contributed by atoms with Crippen molar-refractivity contribution in [2.24, 2.45) is 0 Å². The topological polar surface area (TPSA) is 114 Å². The number of aryl methyl sites for hydroxylation is 2. The van der Waals surface area contributed by atoms with E-state index >= 15 is 0 Å². The monoisotopic (exact) mass is 407 g/mol. The molecule has 146 valence electrons. The highest BCUT2D eigenvalue weighted by Gasteiger charge is 2.16. The Morgan fingerprint density at radius 2 is 2.10 bits per heavy atom. The van der Waals surface area contributed by atoms with Gasteiger partial charge in [0.1, 0.15) is 10.8 Å². The summed E-state index contributed by atoms with van der Waals surface area (Å²) in [7, 11) is 0. The zero-order chi connectivity index (χ0) is 20.4. The van der Waals surface area contributed by atoms with Gasteiger partial charge in [-0.3, -0.25) is 9.59 Å². The summed E-state index contributed by atoms with van der Waals surface area (Å²) in [6.07, 6.45) is 2.99. The number of hydrogen-bond donors (Lipinski definition) is 2. The Morgan fingerprint density at radius 3 is 2.90 bits per heavy atom. The zero-order valence-electron chi connectivity index (χ0n) is 15.7. The quantitative estimate of drug-likeness (QED) is 0.487. The van der Waals surface area contributed by atoms with Crippen LogP contribution in [0.3, 0.4) is 0 Å². The summed E-state index contributed by atoms with van der Waals surface area (Å²) in [5.41, 5.74) is 3.07.